The second-order valence-corrected chi connectivity index (χ2v) is 11.6. The van der Waals surface area contributed by atoms with Crippen molar-refractivity contribution in [2.75, 3.05) is 13.1 Å². The first kappa shape index (κ1) is 24.7. The maximum Gasteiger partial charge on any atom is 0.282 e. The van der Waals surface area contributed by atoms with Gasteiger partial charge in [-0.15, -0.1) is 10.2 Å². The SMILES string of the molecule is CC(C)c1c(-c2ccnc3[nH]ncc23)[nH]c2ccc(-c3nnc(C(=O)NC4CCN(C(C)C)CC4)s3)cc12. The van der Waals surface area contributed by atoms with Gasteiger partial charge < -0.3 is 15.2 Å². The van der Waals surface area contributed by atoms with E-state index < -0.39 is 0 Å². The molecule has 0 radical (unpaired) electrons. The molecule has 5 heterocycles. The number of aromatic nitrogens is 6. The zero-order valence-corrected chi connectivity index (χ0v) is 22.9. The van der Waals surface area contributed by atoms with Crippen molar-refractivity contribution < 1.29 is 4.79 Å². The van der Waals surface area contributed by atoms with Gasteiger partial charge in [-0.1, -0.05) is 25.2 Å². The molecule has 1 aliphatic heterocycles. The number of rotatable bonds is 6. The third kappa shape index (κ3) is 4.48. The molecule has 1 amide bonds. The first-order chi connectivity index (χ1) is 18.4. The Balaban J connectivity index is 1.28. The summed E-state index contributed by atoms with van der Waals surface area (Å²) in [6.07, 6.45) is 5.55. The molecule has 1 aromatic carbocycles. The molecule has 3 N–H and O–H groups in total. The van der Waals surface area contributed by atoms with Crippen LogP contribution in [0.1, 0.15) is 61.8 Å². The average Bonchev–Trinajstić information content (AvgIpc) is 3.66. The Labute approximate surface area is 225 Å². The summed E-state index contributed by atoms with van der Waals surface area (Å²) in [5, 5.41) is 22.2. The second kappa shape index (κ2) is 9.92. The first-order valence-corrected chi connectivity index (χ1v) is 14.0. The smallest absolute Gasteiger partial charge is 0.282 e. The molecule has 1 saturated heterocycles. The predicted molar refractivity (Wildman–Crippen MR) is 151 cm³/mol. The fraction of sp³-hybridized carbons (Fsp3) is 0.393. The number of hydrogen-bond acceptors (Lipinski definition) is 7. The highest BCUT2D eigenvalue weighted by Crippen LogP contribution is 2.39. The highest BCUT2D eigenvalue weighted by atomic mass is 32.1. The van der Waals surface area contributed by atoms with Gasteiger partial charge in [0, 0.05) is 58.8 Å². The molecular formula is C28H32N8OS. The number of aromatic amines is 2. The lowest BCUT2D eigenvalue weighted by Gasteiger charge is -2.34. The summed E-state index contributed by atoms with van der Waals surface area (Å²) in [6, 6.07) is 9.02. The fourth-order valence-electron chi connectivity index (χ4n) is 5.47. The van der Waals surface area contributed by atoms with Gasteiger partial charge in [-0.2, -0.15) is 5.10 Å². The third-order valence-electron chi connectivity index (χ3n) is 7.50. The molecule has 0 spiro atoms. The summed E-state index contributed by atoms with van der Waals surface area (Å²) >= 11 is 1.34. The van der Waals surface area contributed by atoms with E-state index in [2.05, 4.69) is 80.4 Å². The Morgan fingerprint density at radius 2 is 1.92 bits per heavy atom. The Morgan fingerprint density at radius 1 is 1.11 bits per heavy atom. The van der Waals surface area contributed by atoms with Crippen LogP contribution in [0.4, 0.5) is 0 Å². The number of fused-ring (bicyclic) bond motifs is 2. The van der Waals surface area contributed by atoms with Crippen LogP contribution in [0.5, 0.6) is 0 Å². The molecule has 0 saturated carbocycles. The van der Waals surface area contributed by atoms with Crippen molar-refractivity contribution in [3.63, 3.8) is 0 Å². The average molecular weight is 529 g/mol. The van der Waals surface area contributed by atoms with Crippen LogP contribution < -0.4 is 5.32 Å². The molecule has 0 aliphatic carbocycles. The van der Waals surface area contributed by atoms with Crippen molar-refractivity contribution in [3.8, 4) is 21.8 Å². The van der Waals surface area contributed by atoms with Crippen molar-refractivity contribution in [1.82, 2.24) is 40.6 Å². The topological polar surface area (TPSA) is 115 Å². The molecule has 5 aromatic rings. The Bertz CT molecular complexity index is 1610. The molecule has 38 heavy (non-hydrogen) atoms. The quantitative estimate of drug-likeness (QED) is 0.274. The van der Waals surface area contributed by atoms with Crippen LogP contribution in [0, 0.1) is 0 Å². The van der Waals surface area contributed by atoms with E-state index in [1.807, 2.05) is 18.3 Å². The van der Waals surface area contributed by atoms with Gasteiger partial charge >= 0.3 is 0 Å². The Hall–Kier alpha value is -3.63. The highest BCUT2D eigenvalue weighted by Gasteiger charge is 2.24. The zero-order chi connectivity index (χ0) is 26.4. The van der Waals surface area contributed by atoms with E-state index in [-0.39, 0.29) is 17.9 Å². The lowest BCUT2D eigenvalue weighted by atomic mass is 9.95. The molecule has 4 aromatic heterocycles. The van der Waals surface area contributed by atoms with Crippen LogP contribution in [-0.4, -0.2) is 66.3 Å². The molecule has 0 atom stereocenters. The van der Waals surface area contributed by atoms with E-state index >= 15 is 0 Å². The van der Waals surface area contributed by atoms with Crippen LogP contribution >= 0.6 is 11.3 Å². The zero-order valence-electron chi connectivity index (χ0n) is 22.1. The van der Waals surface area contributed by atoms with Gasteiger partial charge in [0.25, 0.3) is 5.91 Å². The standard InChI is InChI=1S/C28H32N8OS/c1-15(2)23-20-13-17(5-6-22(20)32-24(23)19-7-10-29-25-21(19)14-30-33-25)27-34-35-28(38-27)26(37)31-18-8-11-36(12-9-18)16(3)4/h5-7,10,13-16,18,32H,8-9,11-12H2,1-4H3,(H,31,37)(H,29,30,33). The van der Waals surface area contributed by atoms with Crippen LogP contribution in [0.25, 0.3) is 43.8 Å². The fourth-order valence-corrected chi connectivity index (χ4v) is 6.21. The number of hydrogen-bond donors (Lipinski definition) is 3. The molecule has 0 unspecified atom stereocenters. The second-order valence-electron chi connectivity index (χ2n) is 10.6. The maximum absolute atomic E-state index is 12.9. The van der Waals surface area contributed by atoms with Gasteiger partial charge in [-0.05, 0) is 62.4 Å². The van der Waals surface area contributed by atoms with Crippen molar-refractivity contribution in [2.45, 2.75) is 58.5 Å². The number of amides is 1. The van der Waals surface area contributed by atoms with E-state index in [0.29, 0.717) is 11.0 Å². The summed E-state index contributed by atoms with van der Waals surface area (Å²) in [5.74, 6) is 0.147. The van der Waals surface area contributed by atoms with Gasteiger partial charge in [0.05, 0.1) is 11.9 Å². The molecule has 196 valence electrons. The number of nitrogens with one attached hydrogen (secondary N) is 3. The number of H-pyrrole nitrogens is 2. The van der Waals surface area contributed by atoms with E-state index in [0.717, 1.165) is 69.7 Å². The lowest BCUT2D eigenvalue weighted by Crippen LogP contribution is -2.46. The number of nitrogens with zero attached hydrogens (tertiary/aromatic N) is 5. The van der Waals surface area contributed by atoms with Gasteiger partial charge in [0.15, 0.2) is 5.65 Å². The summed E-state index contributed by atoms with van der Waals surface area (Å²) in [5.41, 5.74) is 6.14. The van der Waals surface area contributed by atoms with Crippen LogP contribution in [0.3, 0.4) is 0 Å². The number of piperidine rings is 1. The summed E-state index contributed by atoms with van der Waals surface area (Å²) in [7, 11) is 0. The van der Waals surface area contributed by atoms with Gasteiger partial charge in [-0.3, -0.25) is 9.89 Å². The minimum absolute atomic E-state index is 0.133. The third-order valence-corrected chi connectivity index (χ3v) is 8.47. The summed E-state index contributed by atoms with van der Waals surface area (Å²) in [6.45, 7) is 10.8. The molecular weight excluding hydrogens is 496 g/mol. The number of pyridine rings is 1. The molecule has 10 heteroatoms. The minimum atomic E-state index is -0.133. The van der Waals surface area contributed by atoms with Crippen LogP contribution in [-0.2, 0) is 0 Å². The van der Waals surface area contributed by atoms with E-state index in [4.69, 9.17) is 0 Å². The highest BCUT2D eigenvalue weighted by molar-refractivity contribution is 7.16. The minimum Gasteiger partial charge on any atom is -0.354 e. The number of carbonyl (C=O) groups is 1. The van der Waals surface area contributed by atoms with Crippen molar-refractivity contribution in [1.29, 1.82) is 0 Å². The van der Waals surface area contributed by atoms with Crippen molar-refractivity contribution >= 4 is 39.2 Å². The van der Waals surface area contributed by atoms with E-state index in [9.17, 15) is 4.79 Å². The Morgan fingerprint density at radius 3 is 2.68 bits per heavy atom. The number of carbonyl (C=O) groups excluding carboxylic acids is 1. The van der Waals surface area contributed by atoms with Gasteiger partial charge in [0.2, 0.25) is 5.01 Å². The Kier molecular flexibility index (Phi) is 6.45. The number of benzene rings is 1. The van der Waals surface area contributed by atoms with E-state index in [1.54, 1.807) is 6.20 Å². The maximum atomic E-state index is 12.9. The van der Waals surface area contributed by atoms with Gasteiger partial charge in [0.1, 0.15) is 5.01 Å². The molecule has 1 aliphatic rings. The number of likely N-dealkylation sites (tertiary alicyclic amines) is 1. The first-order valence-electron chi connectivity index (χ1n) is 13.2. The van der Waals surface area contributed by atoms with Crippen LogP contribution in [0.15, 0.2) is 36.7 Å². The van der Waals surface area contributed by atoms with E-state index in [1.165, 1.54) is 16.9 Å². The van der Waals surface area contributed by atoms with Crippen molar-refractivity contribution in [2.24, 2.45) is 0 Å². The largest absolute Gasteiger partial charge is 0.354 e. The lowest BCUT2D eigenvalue weighted by molar-refractivity contribution is 0.0899. The molecule has 9 nitrogen and oxygen atoms in total. The molecule has 1 fully saturated rings. The van der Waals surface area contributed by atoms with Crippen molar-refractivity contribution in [3.05, 3.63) is 47.2 Å². The summed E-state index contributed by atoms with van der Waals surface area (Å²) in [4.78, 5) is 23.4. The predicted octanol–water partition coefficient (Wildman–Crippen LogP) is 5.35. The summed E-state index contributed by atoms with van der Waals surface area (Å²) < 4.78 is 0. The molecule has 6 rings (SSSR count). The molecule has 0 bridgehead atoms. The monoisotopic (exact) mass is 528 g/mol. The normalized spacial score (nSPS) is 15.3. The van der Waals surface area contributed by atoms with Gasteiger partial charge in [-0.25, -0.2) is 4.98 Å². The van der Waals surface area contributed by atoms with Crippen LogP contribution in [0.2, 0.25) is 0 Å².